The first-order chi connectivity index (χ1) is 48.6. The van der Waals surface area contributed by atoms with E-state index in [9.17, 15) is 0 Å². The van der Waals surface area contributed by atoms with Gasteiger partial charge in [-0.05, 0) is 156 Å². The first-order valence-electron chi connectivity index (χ1n) is 38.2. The Balaban J connectivity index is 0.00000167. The molecule has 0 saturated heterocycles. The Bertz CT molecular complexity index is 3750. The Morgan fingerprint density at radius 1 is 0.224 bits per heavy atom. The van der Waals surface area contributed by atoms with Gasteiger partial charge in [-0.2, -0.15) is 0 Å². The van der Waals surface area contributed by atoms with Gasteiger partial charge in [0.1, 0.15) is 0 Å². The second-order valence-electron chi connectivity index (χ2n) is 19.6. The third kappa shape index (κ3) is 17.8. The van der Waals surface area contributed by atoms with Crippen LogP contribution >= 0.6 is 0 Å². The molecule has 0 N–H and O–H groups in total. The second-order valence-corrected chi connectivity index (χ2v) is 19.6. The molecule has 0 unspecified atom stereocenters. The summed E-state index contributed by atoms with van der Waals surface area (Å²) in [6.07, 6.45) is 0.890. The molecule has 0 bridgehead atoms. The third-order valence-electron chi connectivity index (χ3n) is 16.1. The molecule has 0 amide bonds. The van der Waals surface area contributed by atoms with Crippen molar-refractivity contribution in [2.75, 3.05) is 16.8 Å². The van der Waals surface area contributed by atoms with Gasteiger partial charge in [0.2, 0.25) is 0 Å². The number of hydrogen-bond donors (Lipinski definition) is 0. The van der Waals surface area contributed by atoms with Crippen molar-refractivity contribution in [3.8, 4) is 33.4 Å². The van der Waals surface area contributed by atoms with Crippen molar-refractivity contribution < 1.29 is 0 Å². The van der Waals surface area contributed by atoms with Crippen LogP contribution in [0.2, 0.25) is 0 Å². The highest BCUT2D eigenvalue weighted by Gasteiger charge is 2.52. The minimum absolute atomic E-state index is 0.615. The van der Waals surface area contributed by atoms with E-state index in [1.165, 1.54) is 94.7 Å². The molecule has 14 rings (SSSR count). The van der Waals surface area contributed by atoms with Gasteiger partial charge >= 0.3 is 0 Å². The van der Waals surface area contributed by atoms with E-state index in [4.69, 9.17) is 0 Å². The SMILES string of the molecule is CC.CC.CC.CC.CC.CC.CC.CC.CC.CC.CC.CC.CC.CN(c1ccccc1)c1ccc2c(c1)C(c1ccccc1)(c1ccccc1)c1cc3c(cc1-2)C(c1ccccc1)(c1ccccc1)c1cc(N(c2ccccc2)c2cccc4c2Cc2ccccc2-4)ccc1-3. The summed E-state index contributed by atoms with van der Waals surface area (Å²) in [5.74, 6) is 0. The Labute approximate surface area is 601 Å². The summed E-state index contributed by atoms with van der Waals surface area (Å²) in [5.41, 5.74) is 25.0. The number of hydrogen-bond acceptors (Lipinski definition) is 2. The second kappa shape index (κ2) is 47.9. The summed E-state index contributed by atoms with van der Waals surface area (Å²) in [4.78, 5) is 4.82. The van der Waals surface area contributed by atoms with Gasteiger partial charge in [-0.3, -0.25) is 0 Å². The van der Waals surface area contributed by atoms with Crippen LogP contribution in [0.25, 0.3) is 33.4 Å². The quantitative estimate of drug-likeness (QED) is 0.142. The van der Waals surface area contributed by atoms with Gasteiger partial charge < -0.3 is 9.80 Å². The number of anilines is 5. The van der Waals surface area contributed by atoms with Crippen LogP contribution in [-0.2, 0) is 17.3 Å². The molecule has 0 saturated carbocycles. The lowest BCUT2D eigenvalue weighted by Gasteiger charge is -2.36. The molecule has 522 valence electrons. The fraction of sp³-hybridized carbons (Fsp3) is 0.312. The van der Waals surface area contributed by atoms with Gasteiger partial charge in [0, 0.05) is 36.2 Å². The first-order valence-corrected chi connectivity index (χ1v) is 38.2. The molecule has 11 aromatic rings. The van der Waals surface area contributed by atoms with E-state index in [0.717, 1.165) is 29.2 Å². The van der Waals surface area contributed by atoms with Crippen molar-refractivity contribution >= 4 is 28.4 Å². The first kappa shape index (κ1) is 87.0. The number of nitrogens with zero attached hydrogens (tertiary/aromatic N) is 2. The topological polar surface area (TPSA) is 6.48 Å². The average Bonchev–Trinajstić information content (AvgIpc) is 1.51. The van der Waals surface area contributed by atoms with Crippen LogP contribution in [0.15, 0.2) is 273 Å². The monoisotopic (exact) mass is 1310 g/mol. The number of para-hydroxylation sites is 2. The minimum atomic E-state index is -0.659. The van der Waals surface area contributed by atoms with Crippen LogP contribution in [0.1, 0.15) is 236 Å². The number of fused-ring (bicyclic) bond motifs is 9. The Hall–Kier alpha value is -8.98. The Kier molecular flexibility index (Phi) is 42.5. The lowest BCUT2D eigenvalue weighted by molar-refractivity contribution is 0.759. The molecular formula is C96H128N2. The van der Waals surface area contributed by atoms with Crippen molar-refractivity contribution in [3.05, 3.63) is 329 Å². The van der Waals surface area contributed by atoms with Crippen molar-refractivity contribution in [2.24, 2.45) is 0 Å². The molecule has 11 aromatic carbocycles. The molecule has 0 spiro atoms. The van der Waals surface area contributed by atoms with E-state index < -0.39 is 10.8 Å². The smallest absolute Gasteiger partial charge is 0.0714 e. The molecule has 3 aliphatic rings. The summed E-state index contributed by atoms with van der Waals surface area (Å²) in [5, 5.41) is 0. The van der Waals surface area contributed by atoms with Crippen molar-refractivity contribution in [1.29, 1.82) is 0 Å². The van der Waals surface area contributed by atoms with Crippen LogP contribution in [0.3, 0.4) is 0 Å². The molecule has 0 aliphatic heterocycles. The zero-order valence-corrected chi connectivity index (χ0v) is 66.1. The van der Waals surface area contributed by atoms with Crippen LogP contribution in [-0.4, -0.2) is 7.05 Å². The fourth-order valence-electron chi connectivity index (χ4n) is 12.9. The zero-order chi connectivity index (χ0) is 73.8. The normalized spacial score (nSPS) is 10.9. The lowest BCUT2D eigenvalue weighted by Crippen LogP contribution is -2.30. The Morgan fingerprint density at radius 2 is 0.520 bits per heavy atom. The van der Waals surface area contributed by atoms with Gasteiger partial charge in [0.05, 0.1) is 16.5 Å². The highest BCUT2D eigenvalue weighted by molar-refractivity contribution is 5.97. The van der Waals surface area contributed by atoms with Crippen molar-refractivity contribution in [1.82, 2.24) is 0 Å². The van der Waals surface area contributed by atoms with Crippen LogP contribution < -0.4 is 9.80 Å². The maximum absolute atomic E-state index is 2.59. The molecule has 2 heteroatoms. The van der Waals surface area contributed by atoms with Gasteiger partial charge in [0.25, 0.3) is 0 Å². The maximum Gasteiger partial charge on any atom is 0.0714 e. The summed E-state index contributed by atoms with van der Waals surface area (Å²) in [6.45, 7) is 52.0. The molecule has 0 aromatic heterocycles. The van der Waals surface area contributed by atoms with E-state index in [2.05, 4.69) is 290 Å². The highest BCUT2D eigenvalue weighted by Crippen LogP contribution is 2.63. The molecule has 0 atom stereocenters. The highest BCUT2D eigenvalue weighted by atomic mass is 15.1. The summed E-state index contributed by atoms with van der Waals surface area (Å²) in [7, 11) is 2.18. The largest absolute Gasteiger partial charge is 0.345 e. The number of benzene rings is 11. The van der Waals surface area contributed by atoms with E-state index in [-0.39, 0.29) is 0 Å². The molecule has 2 nitrogen and oxygen atoms in total. The van der Waals surface area contributed by atoms with E-state index in [1.807, 2.05) is 180 Å². The molecule has 0 heterocycles. The van der Waals surface area contributed by atoms with E-state index in [0.29, 0.717) is 0 Å². The summed E-state index contributed by atoms with van der Waals surface area (Å²) >= 11 is 0. The lowest BCUT2D eigenvalue weighted by atomic mass is 9.66. The molecule has 98 heavy (non-hydrogen) atoms. The predicted octanol–water partition coefficient (Wildman–Crippen LogP) is 30.6. The minimum Gasteiger partial charge on any atom is -0.345 e. The molecule has 0 fully saturated rings. The molecule has 3 aliphatic carbocycles. The fourth-order valence-corrected chi connectivity index (χ4v) is 12.9. The molecular weight excluding hydrogens is 1180 g/mol. The van der Waals surface area contributed by atoms with Crippen molar-refractivity contribution in [2.45, 2.75) is 197 Å². The maximum atomic E-state index is 2.59. The third-order valence-corrected chi connectivity index (χ3v) is 16.1. The Morgan fingerprint density at radius 3 is 0.898 bits per heavy atom. The molecule has 0 radical (unpaired) electrons. The van der Waals surface area contributed by atoms with E-state index >= 15 is 0 Å². The van der Waals surface area contributed by atoms with Gasteiger partial charge in [0.15, 0.2) is 0 Å². The average molecular weight is 1310 g/mol. The standard InChI is InChI=1S/C70H50N2.13C2H6/c1-71(53-32-16-6-17-33-53)55-39-41-59-61-46-67-62(47-66(61)69(64(59)44-55,49-24-8-2-9-25-49)50-26-10-3-11-27-50)60-42-40-56(45-65(60)70(67,51-28-12-4-13-29-51)52-30-14-5-15-31-52)72(54-34-18-7-19-35-54)68-38-22-37-58-57-36-21-20-23-48(57)43-63(58)68;13*1-2/h2-42,44-47H,43H2,1H3;13*1-2H3. The van der Waals surface area contributed by atoms with Gasteiger partial charge in [-0.1, -0.05) is 386 Å². The summed E-state index contributed by atoms with van der Waals surface area (Å²) < 4.78 is 0. The van der Waals surface area contributed by atoms with Crippen LogP contribution in [0.4, 0.5) is 28.4 Å². The number of rotatable bonds is 9. The zero-order valence-electron chi connectivity index (χ0n) is 66.1. The van der Waals surface area contributed by atoms with Crippen LogP contribution in [0.5, 0.6) is 0 Å². The van der Waals surface area contributed by atoms with Crippen molar-refractivity contribution in [3.63, 3.8) is 0 Å². The summed E-state index contributed by atoms with van der Waals surface area (Å²) in [6, 6.07) is 102. The predicted molar refractivity (Wildman–Crippen MR) is 446 cm³/mol. The van der Waals surface area contributed by atoms with Crippen LogP contribution in [0, 0.1) is 0 Å². The van der Waals surface area contributed by atoms with E-state index in [1.54, 1.807) is 0 Å². The van der Waals surface area contributed by atoms with Gasteiger partial charge in [-0.25, -0.2) is 0 Å². The van der Waals surface area contributed by atoms with Gasteiger partial charge in [-0.15, -0.1) is 0 Å².